The fourth-order valence-electron chi connectivity index (χ4n) is 2.76. The zero-order valence-corrected chi connectivity index (χ0v) is 17.6. The molecule has 0 radical (unpaired) electrons. The molecule has 9 heteroatoms. The molecule has 2 N–H and O–H groups in total. The van der Waals surface area contributed by atoms with E-state index in [1.807, 2.05) is 0 Å². The van der Waals surface area contributed by atoms with Crippen molar-refractivity contribution in [3.63, 3.8) is 0 Å². The first-order chi connectivity index (χ1) is 14.8. The number of hydrogen-bond donors (Lipinski definition) is 2. The van der Waals surface area contributed by atoms with Gasteiger partial charge in [0.1, 0.15) is 5.75 Å². The molecule has 0 spiro atoms. The maximum atomic E-state index is 12.8. The van der Waals surface area contributed by atoms with Crippen LogP contribution < -0.4 is 14.8 Å². The van der Waals surface area contributed by atoms with Crippen LogP contribution in [0.25, 0.3) is 0 Å². The summed E-state index contributed by atoms with van der Waals surface area (Å²) in [7, 11) is -1.25. The number of anilines is 2. The molecule has 3 aromatic rings. The Balaban J connectivity index is 1.84. The molecule has 0 aliphatic rings. The van der Waals surface area contributed by atoms with E-state index >= 15 is 0 Å². The first kappa shape index (κ1) is 21.8. The van der Waals surface area contributed by atoms with Crippen LogP contribution in [0, 0.1) is 0 Å². The zero-order chi connectivity index (χ0) is 22.4. The molecule has 0 saturated heterocycles. The van der Waals surface area contributed by atoms with Crippen molar-refractivity contribution < 1.29 is 27.5 Å². The number of ether oxygens (including phenoxy) is 2. The molecule has 3 rings (SSSR count). The van der Waals surface area contributed by atoms with Crippen LogP contribution in [0.2, 0.25) is 0 Å². The van der Waals surface area contributed by atoms with Crippen LogP contribution in [0.3, 0.4) is 0 Å². The topological polar surface area (TPSA) is 111 Å². The number of carbonyl (C=O) groups is 2. The summed E-state index contributed by atoms with van der Waals surface area (Å²) in [5.74, 6) is -0.494. The Kier molecular flexibility index (Phi) is 6.56. The maximum absolute atomic E-state index is 12.8. The molecular formula is C22H20N2O6S. The van der Waals surface area contributed by atoms with E-state index in [4.69, 9.17) is 4.74 Å². The molecule has 0 heterocycles. The molecule has 0 aromatic heterocycles. The number of nitrogens with one attached hydrogen (secondary N) is 2. The van der Waals surface area contributed by atoms with E-state index in [9.17, 15) is 18.0 Å². The van der Waals surface area contributed by atoms with Crippen LogP contribution in [0.4, 0.5) is 11.4 Å². The van der Waals surface area contributed by atoms with Crippen molar-refractivity contribution in [2.45, 2.75) is 4.90 Å². The van der Waals surface area contributed by atoms with Gasteiger partial charge in [-0.1, -0.05) is 18.2 Å². The second-order valence-electron chi connectivity index (χ2n) is 6.35. The highest BCUT2D eigenvalue weighted by molar-refractivity contribution is 7.92. The highest BCUT2D eigenvalue weighted by Gasteiger charge is 2.19. The Bertz CT molecular complexity index is 1210. The van der Waals surface area contributed by atoms with Crippen molar-refractivity contribution in [1.82, 2.24) is 0 Å². The number of sulfonamides is 1. The monoisotopic (exact) mass is 440 g/mol. The molecule has 0 fully saturated rings. The molecule has 160 valence electrons. The number of carbonyl (C=O) groups excluding carboxylic acids is 2. The highest BCUT2D eigenvalue weighted by atomic mass is 32.2. The summed E-state index contributed by atoms with van der Waals surface area (Å²) in [6, 6.07) is 18.3. The number of methoxy groups -OCH3 is 2. The molecule has 0 saturated carbocycles. The second-order valence-corrected chi connectivity index (χ2v) is 8.04. The average molecular weight is 440 g/mol. The van der Waals surface area contributed by atoms with Gasteiger partial charge in [0, 0.05) is 11.8 Å². The molecular weight excluding hydrogens is 420 g/mol. The van der Waals surface area contributed by atoms with Crippen LogP contribution in [0.1, 0.15) is 20.7 Å². The van der Waals surface area contributed by atoms with Crippen molar-refractivity contribution in [3.05, 3.63) is 83.9 Å². The quantitative estimate of drug-likeness (QED) is 0.544. The summed E-state index contributed by atoms with van der Waals surface area (Å²) < 4.78 is 37.8. The highest BCUT2D eigenvalue weighted by Crippen LogP contribution is 2.23. The molecule has 1 amide bonds. The molecule has 0 aliphatic heterocycles. The molecule has 0 aliphatic carbocycles. The van der Waals surface area contributed by atoms with Crippen LogP contribution in [0.15, 0.2) is 77.7 Å². The van der Waals surface area contributed by atoms with Crippen LogP contribution in [-0.2, 0) is 14.8 Å². The third-order valence-corrected chi connectivity index (χ3v) is 5.71. The van der Waals surface area contributed by atoms with Gasteiger partial charge in [0.15, 0.2) is 0 Å². The van der Waals surface area contributed by atoms with Crippen LogP contribution in [-0.4, -0.2) is 34.5 Å². The largest absolute Gasteiger partial charge is 0.497 e. The zero-order valence-electron chi connectivity index (χ0n) is 16.8. The Labute approximate surface area is 179 Å². The number of esters is 1. The molecule has 31 heavy (non-hydrogen) atoms. The van der Waals surface area contributed by atoms with Crippen molar-refractivity contribution in [1.29, 1.82) is 0 Å². The van der Waals surface area contributed by atoms with Gasteiger partial charge in [-0.3, -0.25) is 9.52 Å². The standard InChI is InChI=1S/C22H20N2O6S/c1-29-17-7-5-6-16(14-17)23-21(25)19-8-3-4-9-20(19)24-31(27,28)18-12-10-15(11-13-18)22(26)30-2/h3-14,24H,1-2H3,(H,23,25). The van der Waals surface area contributed by atoms with Crippen molar-refractivity contribution >= 4 is 33.3 Å². The summed E-state index contributed by atoms with van der Waals surface area (Å²) in [6.07, 6.45) is 0. The van der Waals surface area contributed by atoms with Gasteiger partial charge >= 0.3 is 5.97 Å². The van der Waals surface area contributed by atoms with Crippen molar-refractivity contribution in [3.8, 4) is 5.75 Å². The molecule has 8 nitrogen and oxygen atoms in total. The maximum Gasteiger partial charge on any atom is 0.337 e. The fourth-order valence-corrected chi connectivity index (χ4v) is 3.84. The van der Waals surface area contributed by atoms with Gasteiger partial charge in [-0.05, 0) is 48.5 Å². The van der Waals surface area contributed by atoms with E-state index in [-0.39, 0.29) is 21.7 Å². The summed E-state index contributed by atoms with van der Waals surface area (Å²) in [6.45, 7) is 0. The molecule has 0 bridgehead atoms. The molecule has 0 unspecified atom stereocenters. The van der Waals surface area contributed by atoms with Crippen molar-refractivity contribution in [2.75, 3.05) is 24.3 Å². The summed E-state index contributed by atoms with van der Waals surface area (Å²) >= 11 is 0. The van der Waals surface area contributed by atoms with Crippen LogP contribution >= 0.6 is 0 Å². The van der Waals surface area contributed by atoms with Gasteiger partial charge in [-0.25, -0.2) is 13.2 Å². The summed E-state index contributed by atoms with van der Waals surface area (Å²) in [5, 5.41) is 2.72. The first-order valence-electron chi connectivity index (χ1n) is 9.09. The molecule has 0 atom stereocenters. The van der Waals surface area contributed by atoms with E-state index < -0.39 is 21.9 Å². The lowest BCUT2D eigenvalue weighted by molar-refractivity contribution is 0.0600. The first-order valence-corrected chi connectivity index (χ1v) is 10.6. The van der Waals surface area contributed by atoms with Crippen LogP contribution in [0.5, 0.6) is 5.75 Å². The second kappa shape index (κ2) is 9.31. The van der Waals surface area contributed by atoms with Gasteiger partial charge in [0.2, 0.25) is 0 Å². The SMILES string of the molecule is COC(=O)c1ccc(S(=O)(=O)Nc2ccccc2C(=O)Nc2cccc(OC)c2)cc1. The van der Waals surface area contributed by atoms with E-state index in [1.165, 1.54) is 50.6 Å². The predicted molar refractivity (Wildman–Crippen MR) is 116 cm³/mol. The number of para-hydroxylation sites is 1. The lowest BCUT2D eigenvalue weighted by atomic mass is 10.1. The number of amides is 1. The number of hydrogen-bond acceptors (Lipinski definition) is 6. The Hall–Kier alpha value is -3.85. The van der Waals surface area contributed by atoms with Gasteiger partial charge in [0.05, 0.1) is 35.9 Å². The number of rotatable bonds is 7. The summed E-state index contributed by atoms with van der Waals surface area (Å²) in [4.78, 5) is 24.2. The molecule has 3 aromatic carbocycles. The lowest BCUT2D eigenvalue weighted by Crippen LogP contribution is -2.18. The van der Waals surface area contributed by atoms with Gasteiger partial charge in [0.25, 0.3) is 15.9 Å². The van der Waals surface area contributed by atoms with E-state index in [1.54, 1.807) is 36.4 Å². The smallest absolute Gasteiger partial charge is 0.337 e. The Morgan fingerprint density at radius 3 is 2.26 bits per heavy atom. The predicted octanol–water partition coefficient (Wildman–Crippen LogP) is 3.53. The third kappa shape index (κ3) is 5.20. The minimum Gasteiger partial charge on any atom is -0.497 e. The lowest BCUT2D eigenvalue weighted by Gasteiger charge is -2.13. The van der Waals surface area contributed by atoms with E-state index in [0.717, 1.165) is 0 Å². The summed E-state index contributed by atoms with van der Waals surface area (Å²) in [5.41, 5.74) is 0.972. The minimum absolute atomic E-state index is 0.0665. The number of benzene rings is 3. The van der Waals surface area contributed by atoms with Gasteiger partial charge < -0.3 is 14.8 Å². The normalized spacial score (nSPS) is 10.8. The fraction of sp³-hybridized carbons (Fsp3) is 0.0909. The van der Waals surface area contributed by atoms with Crippen molar-refractivity contribution in [2.24, 2.45) is 0 Å². The Morgan fingerprint density at radius 2 is 1.58 bits per heavy atom. The van der Waals surface area contributed by atoms with E-state index in [0.29, 0.717) is 11.4 Å². The van der Waals surface area contributed by atoms with E-state index in [2.05, 4.69) is 14.8 Å². The van der Waals surface area contributed by atoms with Gasteiger partial charge in [-0.2, -0.15) is 0 Å². The Morgan fingerprint density at radius 1 is 0.871 bits per heavy atom. The third-order valence-electron chi connectivity index (χ3n) is 4.33. The van der Waals surface area contributed by atoms with Gasteiger partial charge in [-0.15, -0.1) is 0 Å². The minimum atomic E-state index is -4.00. The average Bonchev–Trinajstić information content (AvgIpc) is 2.78.